The van der Waals surface area contributed by atoms with Crippen LogP contribution in [0.15, 0.2) is 12.1 Å². The number of hydrogen-bond donors (Lipinski definition) is 2. The maximum atomic E-state index is 5.86. The highest BCUT2D eigenvalue weighted by Gasteiger charge is 2.04. The highest BCUT2D eigenvalue weighted by Crippen LogP contribution is 2.20. The molecule has 1 heterocycles. The molecule has 0 aliphatic carbocycles. The number of rotatable bonds is 7. The highest BCUT2D eigenvalue weighted by molar-refractivity contribution is 7.16. The normalized spacial score (nSPS) is 13.0. The van der Waals surface area contributed by atoms with Gasteiger partial charge in [-0.15, -0.1) is 11.3 Å². The maximum Gasteiger partial charge on any atom is 0.0931 e. The maximum absolute atomic E-state index is 5.86. The summed E-state index contributed by atoms with van der Waals surface area (Å²) in [7, 11) is 2.00. The van der Waals surface area contributed by atoms with Crippen LogP contribution in [-0.4, -0.2) is 20.1 Å². The topological polar surface area (TPSA) is 24.1 Å². The Morgan fingerprint density at radius 1 is 1.40 bits per heavy atom. The number of halogens is 1. The lowest BCUT2D eigenvalue weighted by atomic mass is 10.1. The van der Waals surface area contributed by atoms with Crippen LogP contribution in [0.5, 0.6) is 0 Å². The molecule has 1 aromatic heterocycles. The Bertz CT molecular complexity index is 275. The summed E-state index contributed by atoms with van der Waals surface area (Å²) in [6.45, 7) is 5.30. The van der Waals surface area contributed by atoms with Gasteiger partial charge in [-0.3, -0.25) is 0 Å². The third-order valence-electron chi connectivity index (χ3n) is 2.43. The minimum atomic E-state index is 0.713. The molecule has 0 spiro atoms. The van der Waals surface area contributed by atoms with Crippen LogP contribution in [0.1, 0.15) is 18.2 Å². The van der Waals surface area contributed by atoms with E-state index in [0.29, 0.717) is 5.92 Å². The molecule has 0 amide bonds. The monoisotopic (exact) mass is 246 g/mol. The minimum Gasteiger partial charge on any atom is -0.319 e. The summed E-state index contributed by atoms with van der Waals surface area (Å²) >= 11 is 7.51. The van der Waals surface area contributed by atoms with Crippen LogP contribution in [0.2, 0.25) is 4.34 Å². The van der Waals surface area contributed by atoms with Gasteiger partial charge in [-0.1, -0.05) is 24.9 Å². The molecule has 1 rings (SSSR count). The molecule has 15 heavy (non-hydrogen) atoms. The van der Waals surface area contributed by atoms with Crippen molar-refractivity contribution in [2.24, 2.45) is 5.92 Å². The van der Waals surface area contributed by atoms with Crippen molar-refractivity contribution in [3.63, 3.8) is 0 Å². The molecule has 1 aromatic rings. The lowest BCUT2D eigenvalue weighted by molar-refractivity contribution is 0.445. The number of nitrogens with one attached hydrogen (secondary N) is 2. The van der Waals surface area contributed by atoms with E-state index in [4.69, 9.17) is 11.6 Å². The van der Waals surface area contributed by atoms with Gasteiger partial charge in [-0.2, -0.15) is 0 Å². The van der Waals surface area contributed by atoms with Gasteiger partial charge in [0.25, 0.3) is 0 Å². The zero-order valence-corrected chi connectivity index (χ0v) is 10.9. The van der Waals surface area contributed by atoms with Crippen LogP contribution in [0.4, 0.5) is 0 Å². The van der Waals surface area contributed by atoms with Crippen LogP contribution in [0, 0.1) is 5.92 Å². The van der Waals surface area contributed by atoms with Crippen molar-refractivity contribution in [2.45, 2.75) is 19.9 Å². The first-order valence-corrected chi connectivity index (χ1v) is 6.55. The van der Waals surface area contributed by atoms with E-state index in [2.05, 4.69) is 23.6 Å². The molecule has 1 unspecified atom stereocenters. The van der Waals surface area contributed by atoms with Crippen LogP contribution < -0.4 is 10.6 Å². The molecule has 0 saturated carbocycles. The quantitative estimate of drug-likeness (QED) is 0.773. The van der Waals surface area contributed by atoms with E-state index in [1.54, 1.807) is 11.3 Å². The Hall–Kier alpha value is -0.0900. The first-order chi connectivity index (χ1) is 7.26. The summed E-state index contributed by atoms with van der Waals surface area (Å²) in [6, 6.07) is 4.03. The highest BCUT2D eigenvalue weighted by atomic mass is 35.5. The van der Waals surface area contributed by atoms with Gasteiger partial charge in [-0.05, 0) is 38.2 Å². The fraction of sp³-hybridized carbons (Fsp3) is 0.636. The van der Waals surface area contributed by atoms with E-state index >= 15 is 0 Å². The Morgan fingerprint density at radius 2 is 2.20 bits per heavy atom. The molecule has 0 fully saturated rings. The Balaban J connectivity index is 2.20. The van der Waals surface area contributed by atoms with E-state index in [0.717, 1.165) is 24.0 Å². The predicted molar refractivity (Wildman–Crippen MR) is 68.7 cm³/mol. The molecule has 0 saturated heterocycles. The van der Waals surface area contributed by atoms with Gasteiger partial charge in [0.05, 0.1) is 4.34 Å². The average molecular weight is 247 g/mol. The lowest BCUT2D eigenvalue weighted by Crippen LogP contribution is -2.28. The second-order valence-electron chi connectivity index (χ2n) is 3.67. The number of thiophene rings is 1. The van der Waals surface area contributed by atoms with Crippen molar-refractivity contribution in [3.8, 4) is 0 Å². The van der Waals surface area contributed by atoms with Gasteiger partial charge >= 0.3 is 0 Å². The fourth-order valence-electron chi connectivity index (χ4n) is 1.50. The van der Waals surface area contributed by atoms with Crippen molar-refractivity contribution in [1.82, 2.24) is 10.6 Å². The lowest BCUT2D eigenvalue weighted by Gasteiger charge is -2.14. The molecular weight excluding hydrogens is 228 g/mol. The third-order valence-corrected chi connectivity index (χ3v) is 3.66. The molecule has 0 bridgehead atoms. The minimum absolute atomic E-state index is 0.713. The molecule has 0 aliphatic heterocycles. The molecule has 2 N–H and O–H groups in total. The van der Waals surface area contributed by atoms with Crippen LogP contribution in [0.25, 0.3) is 0 Å². The summed E-state index contributed by atoms with van der Waals surface area (Å²) in [4.78, 5) is 1.30. The smallest absolute Gasteiger partial charge is 0.0931 e. The molecule has 2 nitrogen and oxygen atoms in total. The van der Waals surface area contributed by atoms with Gasteiger partial charge in [-0.25, -0.2) is 0 Å². The SMILES string of the molecule is CCC(CNC)CNCc1ccc(Cl)s1. The molecule has 0 aromatic carbocycles. The summed E-state index contributed by atoms with van der Waals surface area (Å²) in [5.41, 5.74) is 0. The van der Waals surface area contributed by atoms with E-state index in [9.17, 15) is 0 Å². The van der Waals surface area contributed by atoms with Crippen molar-refractivity contribution in [2.75, 3.05) is 20.1 Å². The molecule has 86 valence electrons. The second-order valence-corrected chi connectivity index (χ2v) is 5.47. The van der Waals surface area contributed by atoms with Crippen molar-refractivity contribution < 1.29 is 0 Å². The van der Waals surface area contributed by atoms with Gasteiger partial charge in [0.1, 0.15) is 0 Å². The Kier molecular flexibility index (Phi) is 6.25. The summed E-state index contributed by atoms with van der Waals surface area (Å²) in [5, 5.41) is 6.68. The van der Waals surface area contributed by atoms with Crippen molar-refractivity contribution in [1.29, 1.82) is 0 Å². The first-order valence-electron chi connectivity index (χ1n) is 5.35. The molecular formula is C11H19ClN2S. The summed E-state index contributed by atoms with van der Waals surface area (Å²) in [6.07, 6.45) is 1.21. The van der Waals surface area contributed by atoms with Crippen LogP contribution >= 0.6 is 22.9 Å². The average Bonchev–Trinajstić information content (AvgIpc) is 2.63. The second kappa shape index (κ2) is 7.23. The third kappa shape index (κ3) is 4.98. The van der Waals surface area contributed by atoms with Crippen LogP contribution in [-0.2, 0) is 6.54 Å². The largest absolute Gasteiger partial charge is 0.319 e. The first kappa shape index (κ1) is 13.0. The number of hydrogen-bond acceptors (Lipinski definition) is 3. The van der Waals surface area contributed by atoms with E-state index in [1.807, 2.05) is 13.1 Å². The van der Waals surface area contributed by atoms with Gasteiger partial charge in [0, 0.05) is 11.4 Å². The fourth-order valence-corrected chi connectivity index (χ4v) is 2.55. The van der Waals surface area contributed by atoms with Gasteiger partial charge in [0.15, 0.2) is 0 Å². The van der Waals surface area contributed by atoms with Crippen molar-refractivity contribution >= 4 is 22.9 Å². The van der Waals surface area contributed by atoms with Gasteiger partial charge in [0.2, 0.25) is 0 Å². The molecule has 1 atom stereocenters. The zero-order valence-electron chi connectivity index (χ0n) is 9.35. The summed E-state index contributed by atoms with van der Waals surface area (Å²) in [5.74, 6) is 0.713. The zero-order chi connectivity index (χ0) is 11.1. The van der Waals surface area contributed by atoms with E-state index in [1.165, 1.54) is 11.3 Å². The molecule has 0 aliphatic rings. The van der Waals surface area contributed by atoms with E-state index < -0.39 is 0 Å². The predicted octanol–water partition coefficient (Wildman–Crippen LogP) is 2.74. The molecule has 4 heteroatoms. The van der Waals surface area contributed by atoms with Crippen LogP contribution in [0.3, 0.4) is 0 Å². The summed E-state index contributed by atoms with van der Waals surface area (Å²) < 4.78 is 0.870. The van der Waals surface area contributed by atoms with Gasteiger partial charge < -0.3 is 10.6 Å². The Morgan fingerprint density at radius 3 is 2.73 bits per heavy atom. The molecule has 0 radical (unpaired) electrons. The Labute approximate surface area is 101 Å². The standard InChI is InChI=1S/C11H19ClN2S/c1-3-9(6-13-2)7-14-8-10-4-5-11(12)15-10/h4-5,9,13-14H,3,6-8H2,1-2H3. The van der Waals surface area contributed by atoms with E-state index in [-0.39, 0.29) is 0 Å². The van der Waals surface area contributed by atoms with Crippen molar-refractivity contribution in [3.05, 3.63) is 21.3 Å².